The van der Waals surface area contributed by atoms with E-state index >= 15 is 0 Å². The molecule has 0 bridgehead atoms. The van der Waals surface area contributed by atoms with E-state index in [9.17, 15) is 4.79 Å². The molecule has 0 spiro atoms. The lowest BCUT2D eigenvalue weighted by molar-refractivity contribution is -0.121. The highest BCUT2D eigenvalue weighted by Crippen LogP contribution is 2.28. The summed E-state index contributed by atoms with van der Waals surface area (Å²) in [6.07, 6.45) is 0.381. The number of nitrogens with one attached hydrogen (secondary N) is 1. The molecule has 0 saturated carbocycles. The van der Waals surface area contributed by atoms with Gasteiger partial charge >= 0.3 is 0 Å². The zero-order valence-electron chi connectivity index (χ0n) is 16.2. The molecule has 0 aliphatic carbocycles. The summed E-state index contributed by atoms with van der Waals surface area (Å²) in [5.41, 5.74) is 3.17. The summed E-state index contributed by atoms with van der Waals surface area (Å²) in [7, 11) is 3.23. The molecule has 0 aliphatic heterocycles. The summed E-state index contributed by atoms with van der Waals surface area (Å²) in [5.74, 6) is 1.43. The van der Waals surface area contributed by atoms with Crippen LogP contribution in [0.15, 0.2) is 78.9 Å². The van der Waals surface area contributed by atoms with Gasteiger partial charge in [-0.2, -0.15) is 0 Å². The summed E-state index contributed by atoms with van der Waals surface area (Å²) in [6, 6.07) is 25.9. The van der Waals surface area contributed by atoms with Gasteiger partial charge in [0.25, 0.3) is 0 Å². The van der Waals surface area contributed by atoms with Crippen LogP contribution in [0.2, 0.25) is 0 Å². The van der Waals surface area contributed by atoms with Crippen LogP contribution in [0.1, 0.15) is 29.0 Å². The van der Waals surface area contributed by atoms with Gasteiger partial charge in [-0.15, -0.1) is 0 Å². The Morgan fingerprint density at radius 3 is 2.00 bits per heavy atom. The number of ether oxygens (including phenoxy) is 2. The summed E-state index contributed by atoms with van der Waals surface area (Å²) in [4.78, 5) is 12.7. The van der Waals surface area contributed by atoms with Crippen molar-refractivity contribution >= 4 is 5.91 Å². The van der Waals surface area contributed by atoms with Crippen LogP contribution >= 0.6 is 0 Å². The highest BCUT2D eigenvalue weighted by Gasteiger charge is 2.18. The average molecular weight is 375 g/mol. The molecular weight excluding hydrogens is 350 g/mol. The van der Waals surface area contributed by atoms with E-state index in [2.05, 4.69) is 29.6 Å². The van der Waals surface area contributed by atoms with E-state index < -0.39 is 0 Å². The smallest absolute Gasteiger partial charge is 0.221 e. The Morgan fingerprint density at radius 2 is 1.46 bits per heavy atom. The zero-order chi connectivity index (χ0) is 19.8. The summed E-state index contributed by atoms with van der Waals surface area (Å²) >= 11 is 0. The first kappa shape index (κ1) is 19.5. The molecule has 0 saturated heterocycles. The third-order valence-corrected chi connectivity index (χ3v) is 4.76. The minimum Gasteiger partial charge on any atom is -0.497 e. The van der Waals surface area contributed by atoms with Crippen molar-refractivity contribution < 1.29 is 14.3 Å². The minimum absolute atomic E-state index is 0.00410. The van der Waals surface area contributed by atoms with Crippen molar-refractivity contribution in [3.63, 3.8) is 0 Å². The molecule has 0 aromatic heterocycles. The maximum Gasteiger partial charge on any atom is 0.221 e. The lowest BCUT2D eigenvalue weighted by Crippen LogP contribution is -2.25. The van der Waals surface area contributed by atoms with Gasteiger partial charge in [-0.25, -0.2) is 0 Å². The average Bonchev–Trinajstić information content (AvgIpc) is 2.77. The fourth-order valence-corrected chi connectivity index (χ4v) is 3.25. The Balaban J connectivity index is 1.71. The maximum atomic E-state index is 12.7. The molecule has 0 aliphatic rings. The van der Waals surface area contributed by atoms with E-state index in [1.807, 2.05) is 54.6 Å². The van der Waals surface area contributed by atoms with Crippen molar-refractivity contribution in [3.8, 4) is 11.5 Å². The first-order chi connectivity index (χ1) is 13.7. The second-order valence-corrected chi connectivity index (χ2v) is 6.53. The molecule has 4 nitrogen and oxygen atoms in total. The summed E-state index contributed by atoms with van der Waals surface area (Å²) < 4.78 is 10.6. The third-order valence-electron chi connectivity index (χ3n) is 4.76. The Labute approximate surface area is 166 Å². The zero-order valence-corrected chi connectivity index (χ0v) is 16.2. The van der Waals surface area contributed by atoms with Gasteiger partial charge in [0, 0.05) is 30.5 Å². The lowest BCUT2D eigenvalue weighted by Gasteiger charge is -2.18. The van der Waals surface area contributed by atoms with Gasteiger partial charge < -0.3 is 14.8 Å². The second-order valence-electron chi connectivity index (χ2n) is 6.53. The predicted molar refractivity (Wildman–Crippen MR) is 111 cm³/mol. The van der Waals surface area contributed by atoms with E-state index in [0.29, 0.717) is 18.7 Å². The standard InChI is InChI=1S/C24H25NO3/c1-27-21-14-13-20(23(15-21)28-2)17-25-24(26)16-22(18-9-5-3-6-10-18)19-11-7-4-8-12-19/h3-15,22H,16-17H2,1-2H3,(H,25,26). The predicted octanol–water partition coefficient (Wildman–Crippen LogP) is 4.54. The molecule has 3 aromatic carbocycles. The van der Waals surface area contributed by atoms with Gasteiger partial charge in [-0.1, -0.05) is 60.7 Å². The van der Waals surface area contributed by atoms with Crippen LogP contribution in [0.25, 0.3) is 0 Å². The normalized spacial score (nSPS) is 10.5. The highest BCUT2D eigenvalue weighted by atomic mass is 16.5. The van der Waals surface area contributed by atoms with Gasteiger partial charge in [0.2, 0.25) is 5.91 Å². The Hall–Kier alpha value is -3.27. The van der Waals surface area contributed by atoms with Gasteiger partial charge in [0.1, 0.15) is 11.5 Å². The molecular formula is C24H25NO3. The largest absolute Gasteiger partial charge is 0.497 e. The molecule has 4 heteroatoms. The molecule has 28 heavy (non-hydrogen) atoms. The summed E-state index contributed by atoms with van der Waals surface area (Å²) in [6.45, 7) is 0.405. The Morgan fingerprint density at radius 1 is 0.857 bits per heavy atom. The van der Waals surface area contributed by atoms with Crippen molar-refractivity contribution in [1.82, 2.24) is 5.32 Å². The molecule has 0 fully saturated rings. The second kappa shape index (κ2) is 9.60. The number of rotatable bonds is 8. The number of benzene rings is 3. The molecule has 1 amide bonds. The number of carbonyl (C=O) groups is 1. The number of carbonyl (C=O) groups excluding carboxylic acids is 1. The molecule has 1 N–H and O–H groups in total. The molecule has 0 atom stereocenters. The maximum absolute atomic E-state index is 12.7. The third kappa shape index (κ3) is 4.92. The lowest BCUT2D eigenvalue weighted by atomic mass is 9.88. The van der Waals surface area contributed by atoms with Crippen molar-refractivity contribution in [3.05, 3.63) is 95.6 Å². The monoisotopic (exact) mass is 375 g/mol. The first-order valence-electron chi connectivity index (χ1n) is 9.28. The minimum atomic E-state index is -0.00410. The number of methoxy groups -OCH3 is 2. The van der Waals surface area contributed by atoms with Crippen LogP contribution < -0.4 is 14.8 Å². The Kier molecular flexibility index (Phi) is 6.68. The molecule has 3 rings (SSSR count). The highest BCUT2D eigenvalue weighted by molar-refractivity contribution is 5.77. The fraction of sp³-hybridized carbons (Fsp3) is 0.208. The summed E-state index contributed by atoms with van der Waals surface area (Å²) in [5, 5.41) is 3.02. The van der Waals surface area contributed by atoms with Crippen LogP contribution in [-0.2, 0) is 11.3 Å². The van der Waals surface area contributed by atoms with E-state index in [4.69, 9.17) is 9.47 Å². The van der Waals surface area contributed by atoms with Gasteiger partial charge in [0.05, 0.1) is 14.2 Å². The fourth-order valence-electron chi connectivity index (χ4n) is 3.25. The quantitative estimate of drug-likeness (QED) is 0.629. The molecule has 0 unspecified atom stereocenters. The van der Waals surface area contributed by atoms with Crippen LogP contribution in [-0.4, -0.2) is 20.1 Å². The molecule has 144 valence electrons. The number of hydrogen-bond donors (Lipinski definition) is 1. The van der Waals surface area contributed by atoms with E-state index in [1.165, 1.54) is 0 Å². The SMILES string of the molecule is COc1ccc(CNC(=O)CC(c2ccccc2)c2ccccc2)c(OC)c1. The van der Waals surface area contributed by atoms with Crippen LogP contribution in [0, 0.1) is 0 Å². The van der Waals surface area contributed by atoms with E-state index in [0.717, 1.165) is 22.4 Å². The first-order valence-corrected chi connectivity index (χ1v) is 9.28. The van der Waals surface area contributed by atoms with Crippen molar-refractivity contribution in [2.24, 2.45) is 0 Å². The van der Waals surface area contributed by atoms with Gasteiger partial charge in [0.15, 0.2) is 0 Å². The molecule has 3 aromatic rings. The number of amides is 1. The molecule has 0 heterocycles. The van der Waals surface area contributed by atoms with Crippen molar-refractivity contribution in [2.75, 3.05) is 14.2 Å². The van der Waals surface area contributed by atoms with Gasteiger partial charge in [-0.05, 0) is 23.3 Å². The van der Waals surface area contributed by atoms with Gasteiger partial charge in [-0.3, -0.25) is 4.79 Å². The van der Waals surface area contributed by atoms with Crippen LogP contribution in [0.3, 0.4) is 0 Å². The van der Waals surface area contributed by atoms with E-state index in [-0.39, 0.29) is 11.8 Å². The van der Waals surface area contributed by atoms with Crippen molar-refractivity contribution in [1.29, 1.82) is 0 Å². The van der Waals surface area contributed by atoms with Crippen molar-refractivity contribution in [2.45, 2.75) is 18.9 Å². The number of hydrogen-bond acceptors (Lipinski definition) is 3. The van der Waals surface area contributed by atoms with Crippen LogP contribution in [0.5, 0.6) is 11.5 Å². The van der Waals surface area contributed by atoms with Crippen LogP contribution in [0.4, 0.5) is 0 Å². The van der Waals surface area contributed by atoms with E-state index in [1.54, 1.807) is 14.2 Å². The molecule has 0 radical (unpaired) electrons. The topological polar surface area (TPSA) is 47.6 Å². The Bertz CT molecular complexity index is 855.